The molecule has 1 amide bonds. The number of aliphatic carboxylic acids is 1. The van der Waals surface area contributed by atoms with E-state index >= 15 is 0 Å². The summed E-state index contributed by atoms with van der Waals surface area (Å²) in [7, 11) is 0. The highest BCUT2D eigenvalue weighted by atomic mass is 16.4. The zero-order valence-corrected chi connectivity index (χ0v) is 16.1. The van der Waals surface area contributed by atoms with Gasteiger partial charge in [-0.2, -0.15) is 0 Å². The maximum atomic E-state index is 12.3. The van der Waals surface area contributed by atoms with Gasteiger partial charge >= 0.3 is 5.97 Å². The summed E-state index contributed by atoms with van der Waals surface area (Å²) in [6.07, 6.45) is 1.80. The molecule has 1 fully saturated rings. The first-order valence-electron chi connectivity index (χ1n) is 9.47. The minimum Gasteiger partial charge on any atom is -0.480 e. The highest BCUT2D eigenvalue weighted by molar-refractivity contribution is 5.92. The van der Waals surface area contributed by atoms with E-state index in [4.69, 9.17) is 5.11 Å². The number of likely N-dealkylation sites (N-methyl/N-ethyl adjacent to an activating group) is 1. The Morgan fingerprint density at radius 1 is 1.23 bits per heavy atom. The Hall–Kier alpha value is -1.92. The normalized spacial score (nSPS) is 16.2. The fraction of sp³-hybridized carbons (Fsp3) is 0.600. The lowest BCUT2D eigenvalue weighted by Gasteiger charge is -2.37. The van der Waals surface area contributed by atoms with E-state index in [1.165, 1.54) is 5.56 Å². The Kier molecular flexibility index (Phi) is 7.60. The smallest absolute Gasteiger partial charge is 0.317 e. The molecular formula is C20H31N3O3. The number of nitrogens with zero attached hydrogens (tertiary/aromatic N) is 2. The molecule has 26 heavy (non-hydrogen) atoms. The van der Waals surface area contributed by atoms with Crippen molar-refractivity contribution in [3.63, 3.8) is 0 Å². The molecular weight excluding hydrogens is 330 g/mol. The van der Waals surface area contributed by atoms with Crippen molar-refractivity contribution in [2.24, 2.45) is 0 Å². The maximum absolute atomic E-state index is 12.3. The largest absolute Gasteiger partial charge is 0.480 e. The summed E-state index contributed by atoms with van der Waals surface area (Å²) in [5.74, 6) is -0.305. The first-order valence-corrected chi connectivity index (χ1v) is 9.47. The number of anilines is 1. The minimum absolute atomic E-state index is 0.00127. The zero-order valence-electron chi connectivity index (χ0n) is 16.1. The second kappa shape index (κ2) is 9.69. The van der Waals surface area contributed by atoms with Crippen molar-refractivity contribution >= 4 is 17.6 Å². The number of carbonyl (C=O) groups excluding carboxylic acids is 1. The molecule has 1 aromatic rings. The van der Waals surface area contributed by atoms with E-state index in [9.17, 15) is 9.59 Å². The Morgan fingerprint density at radius 2 is 1.85 bits per heavy atom. The lowest BCUT2D eigenvalue weighted by molar-refractivity contribution is -0.139. The van der Waals surface area contributed by atoms with Gasteiger partial charge in [-0.25, -0.2) is 0 Å². The number of benzene rings is 1. The molecule has 0 aliphatic carbocycles. The molecule has 6 nitrogen and oxygen atoms in total. The van der Waals surface area contributed by atoms with Gasteiger partial charge in [-0.15, -0.1) is 0 Å². The third kappa shape index (κ3) is 6.11. The number of carbonyl (C=O) groups is 2. The standard InChI is InChI=1S/C20H31N3O3/c1-4-23(14-20(25)26)18-9-11-22(12-10-18)13-19(24)21-17-7-5-16(6-8-17)15(2)3/h5-8,15,18H,4,9-14H2,1-3H3,(H,21,24)(H,25,26). The van der Waals surface area contributed by atoms with Crippen LogP contribution in [0.2, 0.25) is 0 Å². The Morgan fingerprint density at radius 3 is 2.35 bits per heavy atom. The van der Waals surface area contributed by atoms with Crippen LogP contribution in [0.3, 0.4) is 0 Å². The maximum Gasteiger partial charge on any atom is 0.317 e. The fourth-order valence-corrected chi connectivity index (χ4v) is 3.47. The molecule has 0 aromatic heterocycles. The summed E-state index contributed by atoms with van der Waals surface area (Å²) >= 11 is 0. The number of hydrogen-bond acceptors (Lipinski definition) is 4. The molecule has 6 heteroatoms. The van der Waals surface area contributed by atoms with Crippen molar-refractivity contribution < 1.29 is 14.7 Å². The molecule has 0 atom stereocenters. The molecule has 1 aromatic carbocycles. The monoisotopic (exact) mass is 361 g/mol. The van der Waals surface area contributed by atoms with Crippen LogP contribution in [0.5, 0.6) is 0 Å². The van der Waals surface area contributed by atoms with Crippen LogP contribution in [-0.4, -0.2) is 65.5 Å². The van der Waals surface area contributed by atoms with Gasteiger partial charge in [0.15, 0.2) is 0 Å². The fourth-order valence-electron chi connectivity index (χ4n) is 3.47. The summed E-state index contributed by atoms with van der Waals surface area (Å²) < 4.78 is 0. The van der Waals surface area contributed by atoms with E-state index in [0.717, 1.165) is 38.2 Å². The molecule has 0 spiro atoms. The third-order valence-electron chi connectivity index (χ3n) is 5.05. The highest BCUT2D eigenvalue weighted by Gasteiger charge is 2.25. The van der Waals surface area contributed by atoms with E-state index in [1.807, 2.05) is 36.1 Å². The Bertz CT molecular complexity index is 593. The molecule has 2 rings (SSSR count). The van der Waals surface area contributed by atoms with Crippen LogP contribution in [0, 0.1) is 0 Å². The molecule has 144 valence electrons. The number of carboxylic acids is 1. The first kappa shape index (κ1) is 20.4. The molecule has 0 unspecified atom stereocenters. The molecule has 1 aliphatic rings. The van der Waals surface area contributed by atoms with Crippen LogP contribution in [0.1, 0.15) is 45.1 Å². The van der Waals surface area contributed by atoms with Crippen LogP contribution >= 0.6 is 0 Å². The van der Waals surface area contributed by atoms with Crippen molar-refractivity contribution in [2.45, 2.75) is 45.6 Å². The average Bonchev–Trinajstić information content (AvgIpc) is 2.60. The van der Waals surface area contributed by atoms with Gasteiger partial charge in [-0.05, 0) is 43.0 Å². The van der Waals surface area contributed by atoms with Crippen LogP contribution < -0.4 is 5.32 Å². The number of likely N-dealkylation sites (tertiary alicyclic amines) is 1. The predicted octanol–water partition coefficient (Wildman–Crippen LogP) is 2.62. The number of carboxylic acid groups (broad SMARTS) is 1. The Labute approximate surface area is 156 Å². The van der Waals surface area contributed by atoms with Crippen LogP contribution in [-0.2, 0) is 9.59 Å². The van der Waals surface area contributed by atoms with Gasteiger partial charge in [0, 0.05) is 24.8 Å². The van der Waals surface area contributed by atoms with E-state index in [0.29, 0.717) is 18.5 Å². The number of amides is 1. The quantitative estimate of drug-likeness (QED) is 0.745. The van der Waals surface area contributed by atoms with Gasteiger partial charge < -0.3 is 10.4 Å². The molecule has 0 saturated carbocycles. The second-order valence-electron chi connectivity index (χ2n) is 7.29. The lowest BCUT2D eigenvalue weighted by Crippen LogP contribution is -2.48. The molecule has 0 radical (unpaired) electrons. The first-order chi connectivity index (χ1) is 12.4. The Balaban J connectivity index is 1.77. The topological polar surface area (TPSA) is 72.9 Å². The molecule has 1 saturated heterocycles. The summed E-state index contributed by atoms with van der Waals surface area (Å²) in [4.78, 5) is 27.4. The molecule has 1 heterocycles. The summed E-state index contributed by atoms with van der Waals surface area (Å²) in [5, 5.41) is 12.0. The zero-order chi connectivity index (χ0) is 19.1. The molecule has 1 aliphatic heterocycles. The van der Waals surface area contributed by atoms with E-state index in [-0.39, 0.29) is 12.5 Å². The van der Waals surface area contributed by atoms with Crippen molar-refractivity contribution in [1.82, 2.24) is 9.80 Å². The van der Waals surface area contributed by atoms with E-state index < -0.39 is 5.97 Å². The highest BCUT2D eigenvalue weighted by Crippen LogP contribution is 2.18. The van der Waals surface area contributed by atoms with E-state index in [1.54, 1.807) is 0 Å². The van der Waals surface area contributed by atoms with Crippen LogP contribution in [0.4, 0.5) is 5.69 Å². The van der Waals surface area contributed by atoms with Crippen molar-refractivity contribution in [1.29, 1.82) is 0 Å². The van der Waals surface area contributed by atoms with Crippen molar-refractivity contribution in [3.05, 3.63) is 29.8 Å². The van der Waals surface area contributed by atoms with E-state index in [2.05, 4.69) is 24.1 Å². The van der Waals surface area contributed by atoms with Crippen molar-refractivity contribution in [3.8, 4) is 0 Å². The van der Waals surface area contributed by atoms with Gasteiger partial charge in [-0.1, -0.05) is 32.9 Å². The minimum atomic E-state index is -0.780. The summed E-state index contributed by atoms with van der Waals surface area (Å²) in [6, 6.07) is 8.29. The average molecular weight is 361 g/mol. The van der Waals surface area contributed by atoms with Crippen LogP contribution in [0.15, 0.2) is 24.3 Å². The number of nitrogens with one attached hydrogen (secondary N) is 1. The van der Waals surface area contributed by atoms with Crippen molar-refractivity contribution in [2.75, 3.05) is 38.0 Å². The number of piperidine rings is 1. The summed E-state index contributed by atoms with van der Waals surface area (Å²) in [5.41, 5.74) is 2.08. The number of hydrogen-bond donors (Lipinski definition) is 2. The molecule has 0 bridgehead atoms. The van der Waals surface area contributed by atoms with Gasteiger partial charge in [0.25, 0.3) is 0 Å². The lowest BCUT2D eigenvalue weighted by atomic mass is 10.0. The summed E-state index contributed by atoms with van der Waals surface area (Å²) in [6.45, 7) is 9.14. The van der Waals surface area contributed by atoms with Crippen LogP contribution in [0.25, 0.3) is 0 Å². The van der Waals surface area contributed by atoms with Gasteiger partial charge in [0.05, 0.1) is 13.1 Å². The molecule has 2 N–H and O–H groups in total. The van der Waals surface area contributed by atoms with Gasteiger partial charge in [-0.3, -0.25) is 19.4 Å². The SMILES string of the molecule is CCN(CC(=O)O)C1CCN(CC(=O)Nc2ccc(C(C)C)cc2)CC1. The third-order valence-corrected chi connectivity index (χ3v) is 5.05. The predicted molar refractivity (Wildman–Crippen MR) is 104 cm³/mol. The van der Waals surface area contributed by atoms with Gasteiger partial charge in [0.1, 0.15) is 0 Å². The second-order valence-corrected chi connectivity index (χ2v) is 7.29. The van der Waals surface area contributed by atoms with Gasteiger partial charge in [0.2, 0.25) is 5.91 Å². The number of rotatable bonds is 8.